The SMILES string of the molecule is COc1ccccc1C=C(C(=O)NCC(C)CN1CCCC1=O)c1ccccc1. The predicted octanol–water partition coefficient (Wildman–Crippen LogP) is 3.61. The maximum atomic E-state index is 13.1. The molecule has 5 nitrogen and oxygen atoms in total. The van der Waals surface area contributed by atoms with E-state index in [4.69, 9.17) is 4.74 Å². The zero-order valence-corrected chi connectivity index (χ0v) is 17.1. The Bertz CT molecular complexity index is 877. The van der Waals surface area contributed by atoms with Crippen LogP contribution in [0.3, 0.4) is 0 Å². The molecule has 1 atom stereocenters. The molecule has 2 amide bonds. The molecule has 2 aromatic carbocycles. The number of benzene rings is 2. The van der Waals surface area contributed by atoms with Crippen LogP contribution in [0.25, 0.3) is 11.6 Å². The van der Waals surface area contributed by atoms with Gasteiger partial charge in [-0.25, -0.2) is 0 Å². The van der Waals surface area contributed by atoms with Crippen LogP contribution in [0.2, 0.25) is 0 Å². The topological polar surface area (TPSA) is 58.6 Å². The van der Waals surface area contributed by atoms with E-state index in [0.717, 1.165) is 29.8 Å². The molecule has 0 saturated carbocycles. The van der Waals surface area contributed by atoms with Crippen LogP contribution in [0, 0.1) is 5.92 Å². The van der Waals surface area contributed by atoms with Gasteiger partial charge < -0.3 is 15.0 Å². The molecule has 1 fully saturated rings. The van der Waals surface area contributed by atoms with Crippen molar-refractivity contribution in [1.82, 2.24) is 10.2 Å². The van der Waals surface area contributed by atoms with Gasteiger partial charge in [0.1, 0.15) is 5.75 Å². The lowest BCUT2D eigenvalue weighted by Gasteiger charge is -2.21. The molecule has 0 radical (unpaired) electrons. The second-order valence-electron chi connectivity index (χ2n) is 7.42. The molecule has 2 aromatic rings. The summed E-state index contributed by atoms with van der Waals surface area (Å²) in [5, 5.41) is 3.04. The number of nitrogens with one attached hydrogen (secondary N) is 1. The van der Waals surface area contributed by atoms with Gasteiger partial charge in [-0.2, -0.15) is 0 Å². The Morgan fingerprint density at radius 2 is 1.90 bits per heavy atom. The van der Waals surface area contributed by atoms with Crippen LogP contribution in [0.4, 0.5) is 0 Å². The van der Waals surface area contributed by atoms with E-state index in [1.165, 1.54) is 0 Å². The molecule has 1 heterocycles. The number of ether oxygens (including phenoxy) is 1. The minimum atomic E-state index is -0.137. The zero-order chi connectivity index (χ0) is 20.6. The van der Waals surface area contributed by atoms with Crippen LogP contribution in [0.5, 0.6) is 5.75 Å². The summed E-state index contributed by atoms with van der Waals surface area (Å²) < 4.78 is 5.43. The van der Waals surface area contributed by atoms with Crippen molar-refractivity contribution in [1.29, 1.82) is 0 Å². The number of hydrogen-bond donors (Lipinski definition) is 1. The minimum Gasteiger partial charge on any atom is -0.496 e. The standard InChI is InChI=1S/C24H28N2O3/c1-18(17-26-14-8-13-23(26)27)16-25-24(28)21(19-9-4-3-5-10-19)15-20-11-6-7-12-22(20)29-2/h3-7,9-12,15,18H,8,13-14,16-17H2,1-2H3,(H,25,28). The zero-order valence-electron chi connectivity index (χ0n) is 17.1. The van der Waals surface area contributed by atoms with Crippen LogP contribution >= 0.6 is 0 Å². The smallest absolute Gasteiger partial charge is 0.251 e. The molecule has 152 valence electrons. The van der Waals surface area contributed by atoms with Crippen LogP contribution in [0.15, 0.2) is 54.6 Å². The monoisotopic (exact) mass is 392 g/mol. The Morgan fingerprint density at radius 1 is 1.17 bits per heavy atom. The number of carbonyl (C=O) groups is 2. The van der Waals surface area contributed by atoms with E-state index in [0.29, 0.717) is 25.1 Å². The van der Waals surface area contributed by atoms with E-state index in [1.54, 1.807) is 7.11 Å². The molecule has 0 aliphatic carbocycles. The first-order chi connectivity index (χ1) is 14.1. The number of rotatable bonds is 8. The number of para-hydroxylation sites is 1. The average Bonchev–Trinajstić information content (AvgIpc) is 3.15. The number of likely N-dealkylation sites (tertiary alicyclic amines) is 1. The van der Waals surface area contributed by atoms with Gasteiger partial charge in [-0.3, -0.25) is 9.59 Å². The molecular formula is C24H28N2O3. The van der Waals surface area contributed by atoms with Gasteiger partial charge in [0.05, 0.1) is 7.11 Å². The van der Waals surface area contributed by atoms with Gasteiger partial charge in [-0.15, -0.1) is 0 Å². The van der Waals surface area contributed by atoms with Crippen molar-refractivity contribution in [2.45, 2.75) is 19.8 Å². The van der Waals surface area contributed by atoms with E-state index in [9.17, 15) is 9.59 Å². The first-order valence-corrected chi connectivity index (χ1v) is 10.0. The Morgan fingerprint density at radius 3 is 2.59 bits per heavy atom. The summed E-state index contributed by atoms with van der Waals surface area (Å²) in [5.41, 5.74) is 2.28. The normalized spacial score (nSPS) is 15.3. The number of nitrogens with zero attached hydrogens (tertiary/aromatic N) is 1. The van der Waals surface area contributed by atoms with Crippen LogP contribution < -0.4 is 10.1 Å². The number of carbonyl (C=O) groups excluding carboxylic acids is 2. The van der Waals surface area contributed by atoms with Gasteiger partial charge in [-0.05, 0) is 30.0 Å². The second-order valence-corrected chi connectivity index (χ2v) is 7.42. The molecule has 1 aliphatic rings. The summed E-state index contributed by atoms with van der Waals surface area (Å²) in [5.74, 6) is 0.977. The van der Waals surface area contributed by atoms with E-state index in [-0.39, 0.29) is 17.7 Å². The summed E-state index contributed by atoms with van der Waals surface area (Å²) in [6.07, 6.45) is 3.43. The Hall–Kier alpha value is -3.08. The molecule has 1 N–H and O–H groups in total. The second kappa shape index (κ2) is 9.92. The van der Waals surface area contributed by atoms with E-state index in [2.05, 4.69) is 12.2 Å². The minimum absolute atomic E-state index is 0.137. The van der Waals surface area contributed by atoms with Crippen LogP contribution in [-0.4, -0.2) is 43.5 Å². The lowest BCUT2D eigenvalue weighted by Crippen LogP contribution is -2.36. The average molecular weight is 392 g/mol. The van der Waals surface area contributed by atoms with Gasteiger partial charge in [0.2, 0.25) is 5.91 Å². The van der Waals surface area contributed by atoms with Gasteiger partial charge in [0.25, 0.3) is 5.91 Å². The molecule has 1 unspecified atom stereocenters. The van der Waals surface area contributed by atoms with Crippen molar-refractivity contribution >= 4 is 23.5 Å². The fraction of sp³-hybridized carbons (Fsp3) is 0.333. The third kappa shape index (κ3) is 5.47. The molecule has 0 spiro atoms. The highest BCUT2D eigenvalue weighted by Gasteiger charge is 2.22. The maximum Gasteiger partial charge on any atom is 0.251 e. The van der Waals surface area contributed by atoms with Gasteiger partial charge in [-0.1, -0.05) is 55.5 Å². The molecule has 1 saturated heterocycles. The number of hydrogen-bond acceptors (Lipinski definition) is 3. The molecule has 1 aliphatic heterocycles. The first kappa shape index (κ1) is 20.6. The van der Waals surface area contributed by atoms with E-state index >= 15 is 0 Å². The number of amides is 2. The highest BCUT2D eigenvalue weighted by molar-refractivity contribution is 6.24. The van der Waals surface area contributed by atoms with Crippen molar-refractivity contribution < 1.29 is 14.3 Å². The Kier molecular flexibility index (Phi) is 7.06. The summed E-state index contributed by atoms with van der Waals surface area (Å²) in [6, 6.07) is 17.2. The predicted molar refractivity (Wildman–Crippen MR) is 115 cm³/mol. The fourth-order valence-electron chi connectivity index (χ4n) is 3.54. The fourth-order valence-corrected chi connectivity index (χ4v) is 3.54. The third-order valence-corrected chi connectivity index (χ3v) is 5.08. The molecular weight excluding hydrogens is 364 g/mol. The Balaban J connectivity index is 1.75. The summed E-state index contributed by atoms with van der Waals surface area (Å²) in [7, 11) is 1.62. The van der Waals surface area contributed by atoms with Crippen molar-refractivity contribution in [3.8, 4) is 5.75 Å². The summed E-state index contributed by atoms with van der Waals surface area (Å²) in [6.45, 7) is 4.06. The lowest BCUT2D eigenvalue weighted by molar-refractivity contribution is -0.128. The third-order valence-electron chi connectivity index (χ3n) is 5.08. The number of methoxy groups -OCH3 is 1. The molecule has 0 aromatic heterocycles. The molecule has 5 heteroatoms. The van der Waals surface area contributed by atoms with Crippen molar-refractivity contribution in [3.05, 3.63) is 65.7 Å². The van der Waals surface area contributed by atoms with Crippen molar-refractivity contribution in [3.63, 3.8) is 0 Å². The van der Waals surface area contributed by atoms with E-state index in [1.807, 2.05) is 65.6 Å². The quantitative estimate of drug-likeness (QED) is 0.551. The molecule has 0 bridgehead atoms. The van der Waals surface area contributed by atoms with Crippen LogP contribution in [0.1, 0.15) is 30.9 Å². The van der Waals surface area contributed by atoms with Gasteiger partial charge in [0, 0.05) is 37.2 Å². The summed E-state index contributed by atoms with van der Waals surface area (Å²) in [4.78, 5) is 26.8. The lowest BCUT2D eigenvalue weighted by atomic mass is 10.0. The molecule has 3 rings (SSSR count). The van der Waals surface area contributed by atoms with Crippen molar-refractivity contribution in [2.24, 2.45) is 5.92 Å². The maximum absolute atomic E-state index is 13.1. The van der Waals surface area contributed by atoms with E-state index < -0.39 is 0 Å². The first-order valence-electron chi connectivity index (χ1n) is 10.0. The summed E-state index contributed by atoms with van der Waals surface area (Å²) >= 11 is 0. The van der Waals surface area contributed by atoms with Crippen LogP contribution in [-0.2, 0) is 9.59 Å². The van der Waals surface area contributed by atoms with Gasteiger partial charge in [0.15, 0.2) is 0 Å². The van der Waals surface area contributed by atoms with Gasteiger partial charge >= 0.3 is 0 Å². The Labute approximate surface area is 172 Å². The highest BCUT2D eigenvalue weighted by Crippen LogP contribution is 2.25. The largest absolute Gasteiger partial charge is 0.496 e. The molecule has 29 heavy (non-hydrogen) atoms. The highest BCUT2D eigenvalue weighted by atomic mass is 16.5. The van der Waals surface area contributed by atoms with Crippen molar-refractivity contribution in [2.75, 3.05) is 26.7 Å².